The first-order chi connectivity index (χ1) is 9.59. The van der Waals surface area contributed by atoms with Crippen molar-refractivity contribution in [3.8, 4) is 11.3 Å². The Morgan fingerprint density at radius 2 is 2.20 bits per heavy atom. The highest BCUT2D eigenvalue weighted by atomic mass is 35.5. The number of Topliss-reactive ketones (excluding diaryl/α,β-unsaturated/α-hetero) is 1. The lowest BCUT2D eigenvalue weighted by Crippen LogP contribution is -2.08. The van der Waals surface area contributed by atoms with Gasteiger partial charge in [0.25, 0.3) is 0 Å². The summed E-state index contributed by atoms with van der Waals surface area (Å²) in [6, 6.07) is 3.79. The highest BCUT2D eigenvalue weighted by molar-refractivity contribution is 6.37. The Morgan fingerprint density at radius 3 is 2.85 bits per heavy atom. The molecule has 0 aromatic carbocycles. The van der Waals surface area contributed by atoms with Crippen LogP contribution in [0.15, 0.2) is 29.6 Å². The third-order valence-corrected chi connectivity index (χ3v) is 4.06. The van der Waals surface area contributed by atoms with Gasteiger partial charge in [-0.2, -0.15) is 0 Å². The molecule has 0 saturated heterocycles. The Balaban J connectivity index is 2.32. The molecule has 0 spiro atoms. The van der Waals surface area contributed by atoms with Crippen molar-refractivity contribution in [2.45, 2.75) is 19.9 Å². The maximum Gasteiger partial charge on any atom is 0.163 e. The first-order valence-corrected chi connectivity index (χ1v) is 7.04. The van der Waals surface area contributed by atoms with Gasteiger partial charge in [0.05, 0.1) is 22.0 Å². The summed E-state index contributed by atoms with van der Waals surface area (Å²) >= 11 is 12.6. The van der Waals surface area contributed by atoms with Crippen molar-refractivity contribution in [1.82, 2.24) is 9.55 Å². The van der Waals surface area contributed by atoms with E-state index in [1.54, 1.807) is 12.4 Å². The van der Waals surface area contributed by atoms with Gasteiger partial charge in [0.15, 0.2) is 5.78 Å². The van der Waals surface area contributed by atoms with Gasteiger partial charge in [-0.25, -0.2) is 0 Å². The predicted octanol–water partition coefficient (Wildman–Crippen LogP) is 4.39. The number of fused-ring (bicyclic) bond motifs is 1. The molecule has 0 fully saturated rings. The standard InChI is InChI=1S/C15H12Cl2N2O/c1-9(20)13-12-7-11(16)4-6-19(12)15(14(13)17)10-3-2-5-18-8-10/h2-3,5,7-8H,4,6H2,1H3. The molecule has 20 heavy (non-hydrogen) atoms. The molecule has 0 atom stereocenters. The van der Waals surface area contributed by atoms with Gasteiger partial charge in [-0.05, 0) is 25.1 Å². The molecule has 0 saturated carbocycles. The summed E-state index contributed by atoms with van der Waals surface area (Å²) in [7, 11) is 0. The van der Waals surface area contributed by atoms with E-state index in [4.69, 9.17) is 23.2 Å². The molecule has 0 aliphatic carbocycles. The van der Waals surface area contributed by atoms with Crippen LogP contribution < -0.4 is 0 Å². The van der Waals surface area contributed by atoms with Crippen molar-refractivity contribution in [3.05, 3.63) is 45.8 Å². The number of halogens is 2. The number of carbonyl (C=O) groups is 1. The van der Waals surface area contributed by atoms with Crippen molar-refractivity contribution < 1.29 is 4.79 Å². The molecule has 0 unspecified atom stereocenters. The van der Waals surface area contributed by atoms with Crippen LogP contribution >= 0.6 is 23.2 Å². The smallest absolute Gasteiger partial charge is 0.163 e. The highest BCUT2D eigenvalue weighted by Gasteiger charge is 2.26. The zero-order valence-corrected chi connectivity index (χ0v) is 12.4. The largest absolute Gasteiger partial charge is 0.339 e. The maximum atomic E-state index is 11.9. The number of rotatable bonds is 2. The molecule has 102 valence electrons. The number of nitrogens with zero attached hydrogens (tertiary/aromatic N) is 2. The Labute approximate surface area is 126 Å². The number of carbonyl (C=O) groups excluding carboxylic acids is 1. The molecule has 3 nitrogen and oxygen atoms in total. The third-order valence-electron chi connectivity index (χ3n) is 3.40. The van der Waals surface area contributed by atoms with Crippen LogP contribution in [-0.2, 0) is 6.54 Å². The van der Waals surface area contributed by atoms with Gasteiger partial charge in [0, 0.05) is 36.0 Å². The second-order valence-electron chi connectivity index (χ2n) is 4.71. The monoisotopic (exact) mass is 306 g/mol. The lowest BCUT2D eigenvalue weighted by molar-refractivity contribution is 0.101. The van der Waals surface area contributed by atoms with Crippen LogP contribution in [0.4, 0.5) is 0 Å². The Hall–Kier alpha value is -1.58. The molecule has 3 heterocycles. The second-order valence-corrected chi connectivity index (χ2v) is 5.58. The molecule has 3 rings (SSSR count). The van der Waals surface area contributed by atoms with E-state index in [0.717, 1.165) is 28.4 Å². The van der Waals surface area contributed by atoms with E-state index in [0.29, 0.717) is 17.1 Å². The number of allylic oxidation sites excluding steroid dienone is 1. The zero-order valence-electron chi connectivity index (χ0n) is 10.9. The van der Waals surface area contributed by atoms with E-state index in [2.05, 4.69) is 4.98 Å². The SMILES string of the molecule is CC(=O)c1c(Cl)c(-c2cccnc2)n2c1C=C(Cl)CC2. The molecule has 0 N–H and O–H groups in total. The van der Waals surface area contributed by atoms with Crippen molar-refractivity contribution in [2.24, 2.45) is 0 Å². The van der Waals surface area contributed by atoms with Gasteiger partial charge < -0.3 is 4.57 Å². The highest BCUT2D eigenvalue weighted by Crippen LogP contribution is 2.39. The fourth-order valence-corrected chi connectivity index (χ4v) is 3.18. The molecule has 2 aromatic heterocycles. The molecular formula is C15H12Cl2N2O. The predicted molar refractivity (Wildman–Crippen MR) is 81.1 cm³/mol. The minimum Gasteiger partial charge on any atom is -0.339 e. The molecule has 1 aliphatic heterocycles. The Kier molecular flexibility index (Phi) is 3.40. The van der Waals surface area contributed by atoms with Gasteiger partial charge in [0.2, 0.25) is 0 Å². The fourth-order valence-electron chi connectivity index (χ4n) is 2.55. The van der Waals surface area contributed by atoms with Gasteiger partial charge in [-0.3, -0.25) is 9.78 Å². The van der Waals surface area contributed by atoms with Crippen molar-refractivity contribution in [3.63, 3.8) is 0 Å². The minimum absolute atomic E-state index is 0.0588. The quantitative estimate of drug-likeness (QED) is 0.771. The summed E-state index contributed by atoms with van der Waals surface area (Å²) in [6.45, 7) is 2.23. The number of ketones is 1. The lowest BCUT2D eigenvalue weighted by atomic mass is 10.1. The first kappa shape index (κ1) is 13.4. The van der Waals surface area contributed by atoms with Gasteiger partial charge in [-0.1, -0.05) is 23.2 Å². The van der Waals surface area contributed by atoms with E-state index >= 15 is 0 Å². The number of hydrogen-bond acceptors (Lipinski definition) is 2. The van der Waals surface area contributed by atoms with Crippen molar-refractivity contribution in [2.75, 3.05) is 0 Å². The summed E-state index contributed by atoms with van der Waals surface area (Å²) in [6.07, 6.45) is 6.02. The van der Waals surface area contributed by atoms with E-state index in [9.17, 15) is 4.79 Å². The van der Waals surface area contributed by atoms with Crippen LogP contribution in [0.5, 0.6) is 0 Å². The van der Waals surface area contributed by atoms with Gasteiger partial charge >= 0.3 is 0 Å². The van der Waals surface area contributed by atoms with Crippen LogP contribution in [0.3, 0.4) is 0 Å². The number of pyridine rings is 1. The second kappa shape index (κ2) is 5.08. The Bertz CT molecular complexity index is 717. The van der Waals surface area contributed by atoms with Crippen LogP contribution in [0, 0.1) is 0 Å². The van der Waals surface area contributed by atoms with Crippen LogP contribution in [0.25, 0.3) is 17.3 Å². The molecule has 0 amide bonds. The topological polar surface area (TPSA) is 34.9 Å². The summed E-state index contributed by atoms with van der Waals surface area (Å²) in [5.74, 6) is -0.0588. The normalized spacial score (nSPS) is 13.8. The molecule has 5 heteroatoms. The summed E-state index contributed by atoms with van der Waals surface area (Å²) in [4.78, 5) is 16.0. The maximum absolute atomic E-state index is 11.9. The van der Waals surface area contributed by atoms with E-state index in [1.807, 2.05) is 22.8 Å². The van der Waals surface area contributed by atoms with Crippen molar-refractivity contribution >= 4 is 35.1 Å². The first-order valence-electron chi connectivity index (χ1n) is 6.29. The molecule has 0 radical (unpaired) electrons. The molecule has 2 aromatic rings. The van der Waals surface area contributed by atoms with Crippen molar-refractivity contribution in [1.29, 1.82) is 0 Å². The molecule has 1 aliphatic rings. The van der Waals surface area contributed by atoms with E-state index in [1.165, 1.54) is 6.92 Å². The van der Waals surface area contributed by atoms with E-state index < -0.39 is 0 Å². The average Bonchev–Trinajstić information content (AvgIpc) is 2.71. The minimum atomic E-state index is -0.0588. The van der Waals surface area contributed by atoms with Crippen LogP contribution in [0.2, 0.25) is 5.02 Å². The average molecular weight is 307 g/mol. The number of aromatic nitrogens is 2. The zero-order chi connectivity index (χ0) is 14.3. The lowest BCUT2D eigenvalue weighted by Gasteiger charge is -2.16. The molecular weight excluding hydrogens is 295 g/mol. The van der Waals surface area contributed by atoms with E-state index in [-0.39, 0.29) is 5.78 Å². The summed E-state index contributed by atoms with van der Waals surface area (Å²) in [5, 5.41) is 1.22. The fraction of sp³-hybridized carbons (Fsp3) is 0.200. The number of hydrogen-bond donors (Lipinski definition) is 0. The van der Waals surface area contributed by atoms with Crippen LogP contribution in [0.1, 0.15) is 29.4 Å². The summed E-state index contributed by atoms with van der Waals surface area (Å²) in [5.41, 5.74) is 3.05. The third kappa shape index (κ3) is 2.07. The molecule has 0 bridgehead atoms. The van der Waals surface area contributed by atoms with Gasteiger partial charge in [-0.15, -0.1) is 0 Å². The van der Waals surface area contributed by atoms with Crippen LogP contribution in [-0.4, -0.2) is 15.3 Å². The summed E-state index contributed by atoms with van der Waals surface area (Å²) < 4.78 is 2.04. The van der Waals surface area contributed by atoms with Gasteiger partial charge in [0.1, 0.15) is 0 Å². The Morgan fingerprint density at radius 1 is 1.40 bits per heavy atom.